The van der Waals surface area contributed by atoms with Gasteiger partial charge in [-0.25, -0.2) is 0 Å². The second kappa shape index (κ2) is 4.80. The number of thiophene rings is 1. The Hall–Kier alpha value is -1.06. The highest BCUT2D eigenvalue weighted by atomic mass is 32.1. The Morgan fingerprint density at radius 2 is 2.16 bits per heavy atom. The zero-order valence-electron chi connectivity index (χ0n) is 11.0. The lowest BCUT2D eigenvalue weighted by Gasteiger charge is -2.43. The van der Waals surface area contributed by atoms with Crippen LogP contribution in [0.3, 0.4) is 0 Å². The van der Waals surface area contributed by atoms with Crippen LogP contribution in [0.15, 0.2) is 29.6 Å². The van der Waals surface area contributed by atoms with Gasteiger partial charge in [-0.05, 0) is 66.6 Å². The quantitative estimate of drug-likeness (QED) is 0.816. The smallest absolute Gasteiger partial charge is 0.152 e. The SMILES string of the molecule is c1cc2cc(OC3CCC4CCCN3C4)ccc2s1. The molecule has 2 aliphatic heterocycles. The van der Waals surface area contributed by atoms with Crippen molar-refractivity contribution in [3.8, 4) is 5.75 Å². The summed E-state index contributed by atoms with van der Waals surface area (Å²) in [4.78, 5) is 2.54. The van der Waals surface area contributed by atoms with E-state index >= 15 is 0 Å². The molecule has 2 nitrogen and oxygen atoms in total. The number of fused-ring (bicyclic) bond motifs is 3. The number of hydrogen-bond acceptors (Lipinski definition) is 3. The number of ether oxygens (including phenoxy) is 1. The Kier molecular flexibility index (Phi) is 2.97. The van der Waals surface area contributed by atoms with Gasteiger partial charge in [-0.3, -0.25) is 4.90 Å². The van der Waals surface area contributed by atoms with Crippen LogP contribution in [-0.2, 0) is 0 Å². The van der Waals surface area contributed by atoms with Crippen LogP contribution in [0.2, 0.25) is 0 Å². The highest BCUT2D eigenvalue weighted by molar-refractivity contribution is 7.17. The molecular formula is C16H19NOS. The first-order valence-electron chi connectivity index (χ1n) is 7.26. The van der Waals surface area contributed by atoms with Crippen molar-refractivity contribution >= 4 is 21.4 Å². The summed E-state index contributed by atoms with van der Waals surface area (Å²) in [6.07, 6.45) is 5.58. The van der Waals surface area contributed by atoms with Crippen molar-refractivity contribution < 1.29 is 4.74 Å². The van der Waals surface area contributed by atoms with Gasteiger partial charge in [-0.1, -0.05) is 0 Å². The fourth-order valence-corrected chi connectivity index (χ4v) is 4.23. The molecule has 2 fully saturated rings. The Morgan fingerprint density at radius 3 is 3.16 bits per heavy atom. The molecular weight excluding hydrogens is 254 g/mol. The van der Waals surface area contributed by atoms with Crippen molar-refractivity contribution in [2.24, 2.45) is 5.92 Å². The fraction of sp³-hybridized carbons (Fsp3) is 0.500. The van der Waals surface area contributed by atoms with Crippen LogP contribution in [0, 0.1) is 5.92 Å². The van der Waals surface area contributed by atoms with Crippen molar-refractivity contribution in [3.63, 3.8) is 0 Å². The normalized spacial score (nSPS) is 30.4. The highest BCUT2D eigenvalue weighted by Crippen LogP contribution is 2.32. The summed E-state index contributed by atoms with van der Waals surface area (Å²) in [5.74, 6) is 1.95. The number of benzene rings is 1. The van der Waals surface area contributed by atoms with E-state index in [-0.39, 0.29) is 0 Å². The molecule has 2 aliphatic rings. The van der Waals surface area contributed by atoms with E-state index in [4.69, 9.17) is 4.74 Å². The van der Waals surface area contributed by atoms with Crippen LogP contribution in [0.25, 0.3) is 10.1 Å². The van der Waals surface area contributed by atoms with E-state index in [2.05, 4.69) is 34.5 Å². The average molecular weight is 273 g/mol. The summed E-state index contributed by atoms with van der Waals surface area (Å²) in [5, 5.41) is 3.44. The molecule has 3 heterocycles. The molecule has 1 aromatic heterocycles. The lowest BCUT2D eigenvalue weighted by Crippen LogP contribution is -2.49. The second-order valence-electron chi connectivity index (χ2n) is 5.77. The minimum absolute atomic E-state index is 0.299. The van der Waals surface area contributed by atoms with E-state index in [1.807, 2.05) is 0 Å². The van der Waals surface area contributed by atoms with Gasteiger partial charge in [0, 0.05) is 17.8 Å². The van der Waals surface area contributed by atoms with Gasteiger partial charge < -0.3 is 4.74 Å². The van der Waals surface area contributed by atoms with Crippen LogP contribution in [-0.4, -0.2) is 24.2 Å². The first-order valence-corrected chi connectivity index (χ1v) is 8.14. The van der Waals surface area contributed by atoms with Gasteiger partial charge >= 0.3 is 0 Å². The Labute approximate surface area is 118 Å². The Bertz CT molecular complexity index is 579. The van der Waals surface area contributed by atoms with Crippen molar-refractivity contribution in [3.05, 3.63) is 29.6 Å². The molecule has 2 saturated heterocycles. The van der Waals surface area contributed by atoms with Gasteiger partial charge in [0.2, 0.25) is 0 Å². The Balaban J connectivity index is 1.53. The van der Waals surface area contributed by atoms with Crippen molar-refractivity contribution in [1.29, 1.82) is 0 Å². The third-order valence-corrected chi connectivity index (χ3v) is 5.37. The van der Waals surface area contributed by atoms with Crippen LogP contribution >= 0.6 is 11.3 Å². The molecule has 1 aromatic carbocycles. The summed E-state index contributed by atoms with van der Waals surface area (Å²) in [6, 6.07) is 8.65. The number of piperidine rings is 2. The largest absolute Gasteiger partial charge is 0.475 e. The lowest BCUT2D eigenvalue weighted by atomic mass is 9.89. The molecule has 2 bridgehead atoms. The van der Waals surface area contributed by atoms with Crippen LogP contribution < -0.4 is 4.74 Å². The van der Waals surface area contributed by atoms with E-state index < -0.39 is 0 Å². The average Bonchev–Trinajstić information content (AvgIpc) is 2.90. The third-order valence-electron chi connectivity index (χ3n) is 4.48. The summed E-state index contributed by atoms with van der Waals surface area (Å²) in [6.45, 7) is 2.45. The molecule has 0 radical (unpaired) electrons. The number of hydrogen-bond donors (Lipinski definition) is 0. The predicted molar refractivity (Wildman–Crippen MR) is 79.8 cm³/mol. The molecule has 0 spiro atoms. The van der Waals surface area contributed by atoms with Gasteiger partial charge in [0.05, 0.1) is 0 Å². The number of rotatable bonds is 2. The standard InChI is InChI=1S/C16H19NOS/c1-2-12-3-6-16(17(8-1)11-12)18-14-4-5-15-13(10-14)7-9-19-15/h4-5,7,9-10,12,16H,1-3,6,8,11H2. The molecule has 3 heteroatoms. The van der Waals surface area contributed by atoms with Crippen LogP contribution in [0.1, 0.15) is 25.7 Å². The van der Waals surface area contributed by atoms with Gasteiger partial charge in [0.1, 0.15) is 5.75 Å². The van der Waals surface area contributed by atoms with Crippen molar-refractivity contribution in [2.75, 3.05) is 13.1 Å². The molecule has 3 unspecified atom stereocenters. The molecule has 4 rings (SSSR count). The van der Waals surface area contributed by atoms with Gasteiger partial charge in [0.15, 0.2) is 6.23 Å². The molecule has 0 saturated carbocycles. The van der Waals surface area contributed by atoms with E-state index in [1.54, 1.807) is 11.3 Å². The third kappa shape index (κ3) is 2.26. The van der Waals surface area contributed by atoms with E-state index in [9.17, 15) is 0 Å². The second-order valence-corrected chi connectivity index (χ2v) is 6.72. The molecule has 0 aliphatic carbocycles. The highest BCUT2D eigenvalue weighted by Gasteiger charge is 2.32. The first kappa shape index (κ1) is 11.7. The van der Waals surface area contributed by atoms with Crippen molar-refractivity contribution in [1.82, 2.24) is 4.90 Å². The molecule has 0 N–H and O–H groups in total. The summed E-state index contributed by atoms with van der Waals surface area (Å²) >= 11 is 1.79. The van der Waals surface area contributed by atoms with Crippen LogP contribution in [0.5, 0.6) is 5.75 Å². The van der Waals surface area contributed by atoms with E-state index in [1.165, 1.54) is 48.9 Å². The molecule has 0 amide bonds. The van der Waals surface area contributed by atoms with E-state index in [0.29, 0.717) is 6.23 Å². The fourth-order valence-electron chi connectivity index (χ4n) is 3.46. The van der Waals surface area contributed by atoms with E-state index in [0.717, 1.165) is 11.7 Å². The molecule has 2 aromatic rings. The number of nitrogens with zero attached hydrogens (tertiary/aromatic N) is 1. The summed E-state index contributed by atoms with van der Waals surface area (Å²) < 4.78 is 7.59. The maximum atomic E-state index is 6.25. The summed E-state index contributed by atoms with van der Waals surface area (Å²) in [7, 11) is 0. The van der Waals surface area contributed by atoms with Crippen LogP contribution in [0.4, 0.5) is 0 Å². The van der Waals surface area contributed by atoms with Gasteiger partial charge in [-0.2, -0.15) is 0 Å². The zero-order valence-corrected chi connectivity index (χ0v) is 11.9. The Morgan fingerprint density at radius 1 is 1.16 bits per heavy atom. The zero-order chi connectivity index (χ0) is 12.7. The maximum Gasteiger partial charge on any atom is 0.152 e. The molecule has 19 heavy (non-hydrogen) atoms. The van der Waals surface area contributed by atoms with Crippen molar-refractivity contribution in [2.45, 2.75) is 31.9 Å². The maximum absolute atomic E-state index is 6.25. The topological polar surface area (TPSA) is 12.5 Å². The molecule has 3 atom stereocenters. The van der Waals surface area contributed by atoms with Gasteiger partial charge in [-0.15, -0.1) is 11.3 Å². The summed E-state index contributed by atoms with van der Waals surface area (Å²) in [5.41, 5.74) is 0. The van der Waals surface area contributed by atoms with Gasteiger partial charge in [0.25, 0.3) is 0 Å². The monoisotopic (exact) mass is 273 g/mol. The minimum Gasteiger partial charge on any atom is -0.475 e. The lowest BCUT2D eigenvalue weighted by molar-refractivity contribution is -0.0429. The predicted octanol–water partition coefficient (Wildman–Crippen LogP) is 4.11. The molecule has 100 valence electrons. The first-order chi connectivity index (χ1) is 9.38. The minimum atomic E-state index is 0.299.